The first kappa shape index (κ1) is 17.5. The largest absolute Gasteiger partial charge is 0.245 e. The molecule has 0 fully saturated rings. The van der Waals surface area contributed by atoms with E-state index in [0.717, 1.165) is 11.4 Å². The van der Waals surface area contributed by atoms with E-state index in [0.29, 0.717) is 0 Å². The minimum absolute atomic E-state index is 0. The van der Waals surface area contributed by atoms with Crippen LogP contribution in [0.25, 0.3) is 10.2 Å². The first-order valence-corrected chi connectivity index (χ1v) is 6.36. The third-order valence-electron chi connectivity index (χ3n) is 1.24. The van der Waals surface area contributed by atoms with Crippen molar-refractivity contribution in [2.45, 2.75) is 42.0 Å². The van der Waals surface area contributed by atoms with Crippen LogP contribution in [0.15, 0.2) is 29.8 Å². The molecule has 1 heterocycles. The van der Waals surface area contributed by atoms with Crippen LogP contribution >= 0.6 is 11.3 Å². The Morgan fingerprint density at radius 2 is 1.56 bits per heavy atom. The summed E-state index contributed by atoms with van der Waals surface area (Å²) < 4.78 is 1.26. The number of hydrogen-bond acceptors (Lipinski definition) is 2. The summed E-state index contributed by atoms with van der Waals surface area (Å²) in [6.07, 6.45) is 0. The number of hydrogen-bond donors (Lipinski definition) is 0. The van der Waals surface area contributed by atoms with E-state index in [4.69, 9.17) is 0 Å². The quantitative estimate of drug-likeness (QED) is 0.581. The molecule has 92 valence electrons. The van der Waals surface area contributed by atoms with Crippen LogP contribution in [-0.2, 0) is 0 Å². The lowest BCUT2D eigenvalue weighted by atomic mass is 10.3. The van der Waals surface area contributed by atoms with Crippen molar-refractivity contribution in [2.24, 2.45) is 5.92 Å². The molecule has 1 aromatic carbocycles. The highest BCUT2D eigenvalue weighted by atomic mass is 32.1. The van der Waals surface area contributed by atoms with Gasteiger partial charge in [-0.25, -0.2) is 4.98 Å². The summed E-state index contributed by atoms with van der Waals surface area (Å²) in [5, 5.41) is 0. The van der Waals surface area contributed by atoms with Gasteiger partial charge in [-0.3, -0.25) is 0 Å². The second kappa shape index (κ2) is 10.6. The van der Waals surface area contributed by atoms with E-state index >= 15 is 0 Å². The molecule has 0 saturated carbocycles. The molecule has 0 saturated heterocycles. The van der Waals surface area contributed by atoms with Gasteiger partial charge in [0.2, 0.25) is 0 Å². The standard InChI is InChI=1S/C7H5NS.C4H10.C2H6.CH4/c1-2-4-7-6(3-1)8-5-9-7;1-4(2)3;1-2;/h1-5H;4H,1-3H3;1-2H3;1H4. The minimum atomic E-state index is 0. The fourth-order valence-electron chi connectivity index (χ4n) is 0.803. The van der Waals surface area contributed by atoms with E-state index in [1.54, 1.807) is 11.3 Å². The lowest BCUT2D eigenvalue weighted by molar-refractivity contribution is 0.737. The van der Waals surface area contributed by atoms with Crippen LogP contribution in [0.4, 0.5) is 0 Å². The van der Waals surface area contributed by atoms with E-state index in [1.165, 1.54) is 4.70 Å². The minimum Gasteiger partial charge on any atom is -0.245 e. The molecule has 2 aromatic rings. The Hall–Kier alpha value is -0.890. The highest BCUT2D eigenvalue weighted by Crippen LogP contribution is 2.15. The summed E-state index contributed by atoms with van der Waals surface area (Å²) in [4.78, 5) is 4.14. The SMILES string of the molecule is C.CC.CC(C)C.c1ccc2scnc2c1. The fourth-order valence-corrected chi connectivity index (χ4v) is 1.48. The van der Waals surface area contributed by atoms with E-state index < -0.39 is 0 Å². The zero-order valence-electron chi connectivity index (χ0n) is 10.3. The van der Waals surface area contributed by atoms with Crippen LogP contribution in [0.5, 0.6) is 0 Å². The predicted octanol–water partition coefficient (Wildman–Crippen LogP) is 5.62. The monoisotopic (exact) mass is 239 g/mol. The molecule has 0 bridgehead atoms. The Morgan fingerprint density at radius 1 is 1.06 bits per heavy atom. The molecule has 2 rings (SSSR count). The van der Waals surface area contributed by atoms with Crippen molar-refractivity contribution in [3.05, 3.63) is 29.8 Å². The summed E-state index contributed by atoms with van der Waals surface area (Å²) in [7, 11) is 0. The maximum Gasteiger partial charge on any atom is 0.0812 e. The highest BCUT2D eigenvalue weighted by molar-refractivity contribution is 7.16. The maximum absolute atomic E-state index is 4.14. The summed E-state index contributed by atoms with van der Waals surface area (Å²) in [5.74, 6) is 0.833. The Kier molecular flexibility index (Phi) is 11.6. The molecule has 0 unspecified atom stereocenters. The van der Waals surface area contributed by atoms with Gasteiger partial charge in [0.05, 0.1) is 15.7 Å². The molecule has 1 aromatic heterocycles. The summed E-state index contributed by atoms with van der Waals surface area (Å²) >= 11 is 1.68. The van der Waals surface area contributed by atoms with Gasteiger partial charge in [0.1, 0.15) is 0 Å². The first-order valence-electron chi connectivity index (χ1n) is 5.48. The number of rotatable bonds is 0. The maximum atomic E-state index is 4.14. The topological polar surface area (TPSA) is 12.9 Å². The van der Waals surface area contributed by atoms with E-state index in [1.807, 2.05) is 37.6 Å². The third-order valence-corrected chi connectivity index (χ3v) is 2.05. The smallest absolute Gasteiger partial charge is 0.0812 e. The van der Waals surface area contributed by atoms with Crippen LogP contribution in [-0.4, -0.2) is 4.98 Å². The number of fused-ring (bicyclic) bond motifs is 1. The van der Waals surface area contributed by atoms with Gasteiger partial charge in [0, 0.05) is 0 Å². The highest BCUT2D eigenvalue weighted by Gasteiger charge is 1.89. The number of aromatic nitrogens is 1. The van der Waals surface area contributed by atoms with Crippen molar-refractivity contribution < 1.29 is 0 Å². The fraction of sp³-hybridized carbons (Fsp3) is 0.500. The van der Waals surface area contributed by atoms with Crippen LogP contribution in [0.2, 0.25) is 0 Å². The average molecular weight is 239 g/mol. The number of para-hydroxylation sites is 1. The van der Waals surface area contributed by atoms with Crippen molar-refractivity contribution >= 4 is 21.6 Å². The number of thiazole rings is 1. The second-order valence-corrected chi connectivity index (χ2v) is 4.44. The van der Waals surface area contributed by atoms with Gasteiger partial charge in [0.25, 0.3) is 0 Å². The molecule has 16 heavy (non-hydrogen) atoms. The Morgan fingerprint density at radius 3 is 2.06 bits per heavy atom. The lowest BCUT2D eigenvalue weighted by Gasteiger charge is -1.80. The average Bonchev–Trinajstić information content (AvgIpc) is 2.67. The Balaban J connectivity index is 0. The summed E-state index contributed by atoms with van der Waals surface area (Å²) in [6.45, 7) is 10.5. The molecule has 0 spiro atoms. The van der Waals surface area contributed by atoms with Gasteiger partial charge in [-0.1, -0.05) is 54.2 Å². The van der Waals surface area contributed by atoms with E-state index in [9.17, 15) is 0 Å². The molecule has 0 amide bonds. The van der Waals surface area contributed by atoms with Gasteiger partial charge >= 0.3 is 0 Å². The van der Waals surface area contributed by atoms with Crippen LogP contribution < -0.4 is 0 Å². The molecule has 0 aliphatic heterocycles. The predicted molar refractivity (Wildman–Crippen MR) is 78.2 cm³/mol. The van der Waals surface area contributed by atoms with Crippen molar-refractivity contribution in [2.75, 3.05) is 0 Å². The molecule has 0 aliphatic carbocycles. The molecule has 1 nitrogen and oxygen atoms in total. The molecular formula is C14H25NS. The molecule has 0 radical (unpaired) electrons. The number of nitrogens with zero attached hydrogens (tertiary/aromatic N) is 1. The molecule has 2 heteroatoms. The normalized spacial score (nSPS) is 8.38. The van der Waals surface area contributed by atoms with Gasteiger partial charge in [-0.05, 0) is 18.1 Å². The summed E-state index contributed by atoms with van der Waals surface area (Å²) in [6, 6.07) is 8.13. The molecule has 0 atom stereocenters. The zero-order valence-corrected chi connectivity index (χ0v) is 11.1. The van der Waals surface area contributed by atoms with Gasteiger partial charge in [-0.15, -0.1) is 11.3 Å². The van der Waals surface area contributed by atoms with Crippen LogP contribution in [0.3, 0.4) is 0 Å². The van der Waals surface area contributed by atoms with Crippen LogP contribution in [0, 0.1) is 5.92 Å². The molecule has 0 aliphatic rings. The van der Waals surface area contributed by atoms with Gasteiger partial charge in [-0.2, -0.15) is 0 Å². The lowest BCUT2D eigenvalue weighted by Crippen LogP contribution is -1.66. The van der Waals surface area contributed by atoms with Crippen molar-refractivity contribution in [3.63, 3.8) is 0 Å². The second-order valence-electron chi connectivity index (χ2n) is 3.55. The van der Waals surface area contributed by atoms with Crippen LogP contribution in [0.1, 0.15) is 42.0 Å². The molecular weight excluding hydrogens is 214 g/mol. The molecule has 0 N–H and O–H groups in total. The van der Waals surface area contributed by atoms with Gasteiger partial charge in [0.15, 0.2) is 0 Å². The first-order chi connectivity index (χ1) is 7.20. The Labute approximate surface area is 105 Å². The number of benzene rings is 1. The van der Waals surface area contributed by atoms with Crippen molar-refractivity contribution in [3.8, 4) is 0 Å². The Bertz CT molecular complexity index is 319. The van der Waals surface area contributed by atoms with Gasteiger partial charge < -0.3 is 0 Å². The van der Waals surface area contributed by atoms with E-state index in [2.05, 4.69) is 31.8 Å². The van der Waals surface area contributed by atoms with Crippen molar-refractivity contribution in [1.82, 2.24) is 4.98 Å². The van der Waals surface area contributed by atoms with Crippen molar-refractivity contribution in [1.29, 1.82) is 0 Å². The zero-order chi connectivity index (χ0) is 11.7. The third kappa shape index (κ3) is 7.41. The summed E-state index contributed by atoms with van der Waals surface area (Å²) in [5.41, 5.74) is 2.97. The van der Waals surface area contributed by atoms with E-state index in [-0.39, 0.29) is 7.43 Å².